The molecule has 2 amide bonds. The summed E-state index contributed by atoms with van der Waals surface area (Å²) in [6.07, 6.45) is 2.80. The normalized spacial score (nSPS) is 10.5. The van der Waals surface area contributed by atoms with Crippen molar-refractivity contribution in [1.29, 1.82) is 0 Å². The summed E-state index contributed by atoms with van der Waals surface area (Å²) in [5.41, 5.74) is 6.41. The number of amides is 2. The minimum absolute atomic E-state index is 0.123. The van der Waals surface area contributed by atoms with Crippen molar-refractivity contribution in [2.24, 2.45) is 5.73 Å². The monoisotopic (exact) mass is 342 g/mol. The van der Waals surface area contributed by atoms with Crippen molar-refractivity contribution >= 4 is 23.6 Å². The second-order valence-corrected chi connectivity index (χ2v) is 5.01. The lowest BCUT2D eigenvalue weighted by Gasteiger charge is -2.09. The van der Waals surface area contributed by atoms with Crippen molar-refractivity contribution < 1.29 is 24.2 Å². The molecular weight excluding hydrogens is 324 g/mol. The molecule has 0 aliphatic heterocycles. The average molecular weight is 342 g/mol. The zero-order chi connectivity index (χ0) is 18.4. The fraction of sp³-hybridized carbons (Fsp3) is 0.111. The highest BCUT2D eigenvalue weighted by Crippen LogP contribution is 2.37. The Morgan fingerprint density at radius 2 is 1.72 bits per heavy atom. The summed E-state index contributed by atoms with van der Waals surface area (Å²) < 4.78 is 10.1. The van der Waals surface area contributed by atoms with E-state index in [4.69, 9.17) is 15.2 Å². The number of anilines is 1. The Kier molecular flexibility index (Phi) is 5.62. The summed E-state index contributed by atoms with van der Waals surface area (Å²) >= 11 is 0. The highest BCUT2D eigenvalue weighted by Gasteiger charge is 2.11. The molecule has 25 heavy (non-hydrogen) atoms. The summed E-state index contributed by atoms with van der Waals surface area (Å²) in [7, 11) is 2.82. The summed E-state index contributed by atoms with van der Waals surface area (Å²) in [6.45, 7) is 0. The van der Waals surface area contributed by atoms with Gasteiger partial charge >= 0.3 is 0 Å². The topological polar surface area (TPSA) is 111 Å². The number of para-hydroxylation sites is 1. The number of primary amides is 1. The Balaban J connectivity index is 2.20. The van der Waals surface area contributed by atoms with Gasteiger partial charge in [0.15, 0.2) is 11.5 Å². The number of nitrogens with two attached hydrogens (primary N) is 1. The predicted octanol–water partition coefficient (Wildman–Crippen LogP) is 2.16. The lowest BCUT2D eigenvalue weighted by atomic mass is 10.1. The molecular formula is C18H18N2O5. The van der Waals surface area contributed by atoms with Crippen molar-refractivity contribution in [2.75, 3.05) is 19.5 Å². The molecule has 2 rings (SSSR count). The number of hydrogen-bond donors (Lipinski definition) is 3. The molecule has 0 bridgehead atoms. The Bertz CT molecular complexity index is 805. The number of nitrogens with one attached hydrogen (secondary N) is 1. The Labute approximate surface area is 144 Å². The van der Waals surface area contributed by atoms with Crippen LogP contribution in [0.25, 0.3) is 6.08 Å². The zero-order valence-electron chi connectivity index (χ0n) is 13.8. The van der Waals surface area contributed by atoms with Crippen LogP contribution in [0.1, 0.15) is 15.9 Å². The number of methoxy groups -OCH3 is 2. The maximum Gasteiger partial charge on any atom is 0.250 e. The van der Waals surface area contributed by atoms with E-state index in [1.165, 1.54) is 32.4 Å². The van der Waals surface area contributed by atoms with Crippen molar-refractivity contribution in [3.63, 3.8) is 0 Å². The number of phenols is 1. The number of carbonyl (C=O) groups is 2. The van der Waals surface area contributed by atoms with Crippen LogP contribution in [0.3, 0.4) is 0 Å². The molecule has 0 aromatic heterocycles. The van der Waals surface area contributed by atoms with E-state index in [0.29, 0.717) is 11.3 Å². The van der Waals surface area contributed by atoms with E-state index in [-0.39, 0.29) is 22.8 Å². The zero-order valence-corrected chi connectivity index (χ0v) is 13.8. The molecule has 130 valence electrons. The second-order valence-electron chi connectivity index (χ2n) is 5.01. The Hall–Kier alpha value is -3.48. The van der Waals surface area contributed by atoms with E-state index < -0.39 is 11.8 Å². The lowest BCUT2D eigenvalue weighted by molar-refractivity contribution is -0.111. The maximum absolute atomic E-state index is 12.1. The van der Waals surface area contributed by atoms with Gasteiger partial charge in [-0.15, -0.1) is 0 Å². The number of ether oxygens (including phenoxy) is 2. The smallest absolute Gasteiger partial charge is 0.250 e. The van der Waals surface area contributed by atoms with Crippen LogP contribution in [0.5, 0.6) is 17.2 Å². The Morgan fingerprint density at radius 3 is 2.28 bits per heavy atom. The average Bonchev–Trinajstić information content (AvgIpc) is 2.61. The van der Waals surface area contributed by atoms with Crippen LogP contribution in [-0.2, 0) is 4.79 Å². The standard InChI is InChI=1S/C18H18N2O5/c1-24-14-9-11(10-15(25-2)17(14)22)7-8-16(21)20-13-6-4-3-5-12(13)18(19)23/h3-10,22H,1-2H3,(H2,19,23)(H,20,21). The molecule has 0 aliphatic rings. The molecule has 4 N–H and O–H groups in total. The van der Waals surface area contributed by atoms with Crippen molar-refractivity contribution in [1.82, 2.24) is 0 Å². The first-order valence-corrected chi connectivity index (χ1v) is 7.29. The molecule has 7 heteroatoms. The molecule has 2 aromatic rings. The summed E-state index contributed by atoms with van der Waals surface area (Å²) in [5.74, 6) is -0.758. The molecule has 0 unspecified atom stereocenters. The van der Waals surface area contributed by atoms with E-state index in [2.05, 4.69) is 5.32 Å². The fourth-order valence-electron chi connectivity index (χ4n) is 2.16. The predicted molar refractivity (Wildman–Crippen MR) is 93.8 cm³/mol. The van der Waals surface area contributed by atoms with Crippen LogP contribution in [0.4, 0.5) is 5.69 Å². The third-order valence-electron chi connectivity index (χ3n) is 3.38. The van der Waals surface area contributed by atoms with Crippen molar-refractivity contribution in [3.8, 4) is 17.2 Å². The SMILES string of the molecule is COc1cc(C=CC(=O)Nc2ccccc2C(N)=O)cc(OC)c1O. The van der Waals surface area contributed by atoms with Gasteiger partial charge < -0.3 is 25.6 Å². The number of carbonyl (C=O) groups excluding carboxylic acids is 2. The van der Waals surface area contributed by atoms with Crippen LogP contribution in [-0.4, -0.2) is 31.1 Å². The molecule has 0 saturated carbocycles. The first-order valence-electron chi connectivity index (χ1n) is 7.29. The van der Waals surface area contributed by atoms with Gasteiger partial charge in [0, 0.05) is 6.08 Å². The fourth-order valence-corrected chi connectivity index (χ4v) is 2.16. The number of rotatable bonds is 6. The van der Waals surface area contributed by atoms with Crippen molar-refractivity contribution in [3.05, 3.63) is 53.6 Å². The van der Waals surface area contributed by atoms with Gasteiger partial charge in [-0.05, 0) is 35.9 Å². The minimum atomic E-state index is -0.632. The second kappa shape index (κ2) is 7.87. The van der Waals surface area contributed by atoms with Gasteiger partial charge in [0.05, 0.1) is 25.5 Å². The maximum atomic E-state index is 12.1. The van der Waals surface area contributed by atoms with Crippen LogP contribution < -0.4 is 20.5 Å². The summed E-state index contributed by atoms with van der Waals surface area (Å²) in [4.78, 5) is 23.4. The summed E-state index contributed by atoms with van der Waals surface area (Å²) in [6, 6.07) is 9.55. The molecule has 7 nitrogen and oxygen atoms in total. The van der Waals surface area contributed by atoms with E-state index in [1.807, 2.05) is 0 Å². The van der Waals surface area contributed by atoms with Gasteiger partial charge in [0.25, 0.3) is 5.91 Å². The van der Waals surface area contributed by atoms with E-state index >= 15 is 0 Å². The molecule has 0 atom stereocenters. The molecule has 0 spiro atoms. The number of phenolic OH excluding ortho intramolecular Hbond substituents is 1. The molecule has 0 fully saturated rings. The lowest BCUT2D eigenvalue weighted by Crippen LogP contribution is -2.16. The van der Waals surface area contributed by atoms with Gasteiger partial charge in [0.2, 0.25) is 11.7 Å². The molecule has 0 radical (unpaired) electrons. The van der Waals surface area contributed by atoms with Gasteiger partial charge in [-0.1, -0.05) is 12.1 Å². The van der Waals surface area contributed by atoms with Crippen LogP contribution >= 0.6 is 0 Å². The largest absolute Gasteiger partial charge is 0.502 e. The van der Waals surface area contributed by atoms with Crippen molar-refractivity contribution in [2.45, 2.75) is 0 Å². The molecule has 0 saturated heterocycles. The van der Waals surface area contributed by atoms with E-state index in [0.717, 1.165) is 0 Å². The first kappa shape index (κ1) is 17.9. The third-order valence-corrected chi connectivity index (χ3v) is 3.38. The van der Waals surface area contributed by atoms with E-state index in [9.17, 15) is 14.7 Å². The molecule has 2 aromatic carbocycles. The van der Waals surface area contributed by atoms with Gasteiger partial charge in [-0.3, -0.25) is 9.59 Å². The minimum Gasteiger partial charge on any atom is -0.502 e. The number of aromatic hydroxyl groups is 1. The highest BCUT2D eigenvalue weighted by atomic mass is 16.5. The van der Waals surface area contributed by atoms with Crippen LogP contribution in [0.15, 0.2) is 42.5 Å². The highest BCUT2D eigenvalue weighted by molar-refractivity contribution is 6.07. The molecule has 0 aliphatic carbocycles. The first-order chi connectivity index (χ1) is 12.0. The van der Waals surface area contributed by atoms with Crippen LogP contribution in [0.2, 0.25) is 0 Å². The number of benzene rings is 2. The molecule has 0 heterocycles. The summed E-state index contributed by atoms with van der Waals surface area (Å²) in [5, 5.41) is 12.5. The van der Waals surface area contributed by atoms with Gasteiger partial charge in [-0.25, -0.2) is 0 Å². The Morgan fingerprint density at radius 1 is 1.12 bits per heavy atom. The van der Waals surface area contributed by atoms with E-state index in [1.54, 1.807) is 30.3 Å². The third kappa shape index (κ3) is 4.29. The number of hydrogen-bond acceptors (Lipinski definition) is 5. The van der Waals surface area contributed by atoms with Gasteiger partial charge in [-0.2, -0.15) is 0 Å². The quantitative estimate of drug-likeness (QED) is 0.697. The van der Waals surface area contributed by atoms with Crippen LogP contribution in [0, 0.1) is 0 Å². The van der Waals surface area contributed by atoms with Gasteiger partial charge in [0.1, 0.15) is 0 Å².